The summed E-state index contributed by atoms with van der Waals surface area (Å²) in [7, 11) is 0. The summed E-state index contributed by atoms with van der Waals surface area (Å²) in [5.41, 5.74) is 3.96. The quantitative estimate of drug-likeness (QED) is 0.569. The summed E-state index contributed by atoms with van der Waals surface area (Å²) < 4.78 is 3.48. The number of aromatic nitrogens is 5. The van der Waals surface area contributed by atoms with E-state index in [1.54, 1.807) is 15.3 Å². The molecule has 4 aromatic rings. The van der Waals surface area contributed by atoms with Crippen molar-refractivity contribution in [1.29, 1.82) is 0 Å². The van der Waals surface area contributed by atoms with E-state index >= 15 is 0 Å². The van der Waals surface area contributed by atoms with E-state index in [0.717, 1.165) is 48.3 Å². The van der Waals surface area contributed by atoms with Crippen molar-refractivity contribution < 1.29 is 0 Å². The van der Waals surface area contributed by atoms with E-state index in [0.29, 0.717) is 11.6 Å². The van der Waals surface area contributed by atoms with E-state index in [2.05, 4.69) is 27.3 Å². The molecule has 30 heavy (non-hydrogen) atoms. The molecule has 0 aliphatic carbocycles. The number of fused-ring (bicyclic) bond motifs is 1. The van der Waals surface area contributed by atoms with E-state index in [1.165, 1.54) is 0 Å². The van der Waals surface area contributed by atoms with Gasteiger partial charge in [0.05, 0.1) is 11.9 Å². The van der Waals surface area contributed by atoms with Crippen molar-refractivity contribution in [2.45, 2.75) is 25.8 Å². The molecule has 0 bridgehead atoms. The number of benzene rings is 1. The summed E-state index contributed by atoms with van der Waals surface area (Å²) in [5, 5.41) is 7.87. The lowest BCUT2D eigenvalue weighted by atomic mass is 9.92. The maximum atomic E-state index is 12.7. The number of nitrogens with one attached hydrogen (secondary N) is 1. The number of piperidine rings is 1. The summed E-state index contributed by atoms with van der Waals surface area (Å²) in [4.78, 5) is 21.7. The van der Waals surface area contributed by atoms with Crippen molar-refractivity contribution >= 4 is 5.65 Å². The predicted octanol–water partition coefficient (Wildman–Crippen LogP) is 3.18. The number of hydrogen-bond donors (Lipinski definition) is 1. The minimum atomic E-state index is -0.226. The summed E-state index contributed by atoms with van der Waals surface area (Å²) >= 11 is 0. The molecular weight excluding hydrogens is 376 g/mol. The average molecular weight is 400 g/mol. The molecule has 4 heterocycles. The lowest BCUT2D eigenvalue weighted by molar-refractivity contribution is 0.273. The second-order valence-corrected chi connectivity index (χ2v) is 7.88. The first-order valence-corrected chi connectivity index (χ1v) is 10.4. The van der Waals surface area contributed by atoms with Gasteiger partial charge >= 0.3 is 5.69 Å². The fraction of sp³-hybridized carbons (Fsp3) is 0.304. The van der Waals surface area contributed by atoms with Crippen LogP contribution in [0.25, 0.3) is 28.0 Å². The van der Waals surface area contributed by atoms with Crippen LogP contribution in [0.4, 0.5) is 0 Å². The molecule has 0 saturated carbocycles. The molecule has 1 aliphatic heterocycles. The van der Waals surface area contributed by atoms with Crippen LogP contribution in [0.5, 0.6) is 0 Å². The van der Waals surface area contributed by atoms with Crippen LogP contribution in [0.15, 0.2) is 66.0 Å². The monoisotopic (exact) mass is 400 g/mol. The smallest absolute Gasteiger partial charge is 0.316 e. The highest BCUT2D eigenvalue weighted by Gasteiger charge is 2.22. The molecule has 1 aromatic carbocycles. The van der Waals surface area contributed by atoms with Gasteiger partial charge in [0.25, 0.3) is 0 Å². The molecule has 5 rings (SSSR count). The Kier molecular flexibility index (Phi) is 4.88. The van der Waals surface area contributed by atoms with Crippen LogP contribution in [-0.4, -0.2) is 37.2 Å². The number of rotatable bonds is 4. The highest BCUT2D eigenvalue weighted by molar-refractivity contribution is 5.77. The second-order valence-electron chi connectivity index (χ2n) is 7.88. The Morgan fingerprint density at radius 2 is 2.00 bits per heavy atom. The van der Waals surface area contributed by atoms with Gasteiger partial charge in [0.2, 0.25) is 0 Å². The molecule has 0 spiro atoms. The Balaban J connectivity index is 1.45. The minimum Gasteiger partial charge on any atom is -0.316 e. The molecule has 1 fully saturated rings. The first kappa shape index (κ1) is 18.7. The highest BCUT2D eigenvalue weighted by atomic mass is 16.1. The fourth-order valence-electron chi connectivity index (χ4n) is 4.23. The number of nitrogens with zero attached hydrogens (tertiary/aromatic N) is 5. The lowest BCUT2D eigenvalue weighted by Gasteiger charge is -2.29. The number of hydrogen-bond acceptors (Lipinski definition) is 5. The van der Waals surface area contributed by atoms with Gasteiger partial charge in [0.1, 0.15) is 0 Å². The van der Waals surface area contributed by atoms with Gasteiger partial charge in [-0.2, -0.15) is 10.1 Å². The highest BCUT2D eigenvalue weighted by Crippen LogP contribution is 2.25. The van der Waals surface area contributed by atoms with Gasteiger partial charge in [0, 0.05) is 35.8 Å². The molecule has 2 unspecified atom stereocenters. The lowest BCUT2D eigenvalue weighted by Crippen LogP contribution is -2.37. The topological polar surface area (TPSA) is 77.1 Å². The maximum Gasteiger partial charge on any atom is 0.348 e. The first-order chi connectivity index (χ1) is 14.7. The van der Waals surface area contributed by atoms with Gasteiger partial charge in [-0.15, -0.1) is 0 Å². The summed E-state index contributed by atoms with van der Waals surface area (Å²) in [5.74, 6) is 0.447. The zero-order chi connectivity index (χ0) is 20.5. The predicted molar refractivity (Wildman–Crippen MR) is 116 cm³/mol. The van der Waals surface area contributed by atoms with Crippen LogP contribution in [0.1, 0.15) is 25.8 Å². The van der Waals surface area contributed by atoms with E-state index in [-0.39, 0.29) is 11.7 Å². The van der Waals surface area contributed by atoms with Crippen LogP contribution in [-0.2, 0) is 0 Å². The zero-order valence-corrected chi connectivity index (χ0v) is 16.9. The molecule has 7 heteroatoms. The molecule has 0 radical (unpaired) electrons. The van der Waals surface area contributed by atoms with Gasteiger partial charge in [-0.25, -0.2) is 14.3 Å². The molecule has 152 valence electrons. The third kappa shape index (κ3) is 3.41. The largest absolute Gasteiger partial charge is 0.348 e. The Bertz CT molecular complexity index is 1220. The normalized spacial score (nSPS) is 17.8. The van der Waals surface area contributed by atoms with Crippen LogP contribution in [0, 0.1) is 5.92 Å². The van der Waals surface area contributed by atoms with Crippen LogP contribution < -0.4 is 11.0 Å². The molecule has 1 N–H and O–H groups in total. The van der Waals surface area contributed by atoms with Gasteiger partial charge < -0.3 is 5.32 Å². The summed E-state index contributed by atoms with van der Waals surface area (Å²) in [6, 6.07) is 12.1. The average Bonchev–Trinajstić information content (AvgIpc) is 3.23. The summed E-state index contributed by atoms with van der Waals surface area (Å²) in [6.07, 6.45) is 9.57. The summed E-state index contributed by atoms with van der Waals surface area (Å²) in [6.45, 7) is 4.10. The van der Waals surface area contributed by atoms with Gasteiger partial charge in [-0.3, -0.25) is 4.57 Å². The van der Waals surface area contributed by atoms with Crippen LogP contribution in [0.2, 0.25) is 0 Å². The van der Waals surface area contributed by atoms with Crippen molar-refractivity contribution in [2.75, 3.05) is 13.1 Å². The fourth-order valence-corrected chi connectivity index (χ4v) is 4.23. The van der Waals surface area contributed by atoms with E-state index in [9.17, 15) is 4.79 Å². The molecule has 2 atom stereocenters. The van der Waals surface area contributed by atoms with E-state index in [1.807, 2.05) is 55.0 Å². The van der Waals surface area contributed by atoms with Crippen LogP contribution in [0.3, 0.4) is 0 Å². The van der Waals surface area contributed by atoms with Crippen LogP contribution >= 0.6 is 0 Å². The molecular formula is C23H24N6O. The van der Waals surface area contributed by atoms with Gasteiger partial charge in [0.15, 0.2) is 5.65 Å². The third-order valence-electron chi connectivity index (χ3n) is 6.02. The molecule has 1 aliphatic rings. The Hall–Kier alpha value is -3.32. The van der Waals surface area contributed by atoms with Crippen molar-refractivity contribution in [1.82, 2.24) is 29.5 Å². The zero-order valence-electron chi connectivity index (χ0n) is 16.9. The van der Waals surface area contributed by atoms with Gasteiger partial charge in [-0.1, -0.05) is 30.3 Å². The Morgan fingerprint density at radius 3 is 2.77 bits per heavy atom. The standard InChI is InChI=1S/C23H24N6O/c1-16(18-8-5-10-24-12-18)28-11-9-21(27-23(28)30)19-13-25-22-20(14-26-29(22)15-19)17-6-3-2-4-7-17/h2-4,6-7,9,11,13-16,18,24H,5,8,10,12H2,1H3. The SMILES string of the molecule is CC(C1CCCNC1)n1ccc(-c2cnc3c(-c4ccccc4)cnn3c2)nc1=O. The first-order valence-electron chi connectivity index (χ1n) is 10.4. The van der Waals surface area contributed by atoms with Gasteiger partial charge in [-0.05, 0) is 50.4 Å². The van der Waals surface area contributed by atoms with Crippen molar-refractivity contribution in [2.24, 2.45) is 5.92 Å². The van der Waals surface area contributed by atoms with E-state index < -0.39 is 0 Å². The molecule has 1 saturated heterocycles. The second kappa shape index (κ2) is 7.84. The van der Waals surface area contributed by atoms with Crippen molar-refractivity contribution in [3.8, 4) is 22.4 Å². The third-order valence-corrected chi connectivity index (χ3v) is 6.02. The molecule has 7 nitrogen and oxygen atoms in total. The Morgan fingerprint density at radius 1 is 1.13 bits per heavy atom. The molecule has 3 aromatic heterocycles. The van der Waals surface area contributed by atoms with Crippen molar-refractivity contribution in [3.63, 3.8) is 0 Å². The maximum absolute atomic E-state index is 12.7. The Labute approximate surface area is 174 Å². The molecule has 0 amide bonds. The minimum absolute atomic E-state index is 0.118. The van der Waals surface area contributed by atoms with E-state index in [4.69, 9.17) is 0 Å². The van der Waals surface area contributed by atoms with Crippen molar-refractivity contribution in [3.05, 3.63) is 71.7 Å².